The van der Waals surface area contributed by atoms with Gasteiger partial charge >= 0.3 is 0 Å². The number of carbonyl (C=O) groups excluding carboxylic acids is 2. The van der Waals surface area contributed by atoms with E-state index in [9.17, 15) is 14.0 Å². The highest BCUT2D eigenvalue weighted by Gasteiger charge is 2.28. The van der Waals surface area contributed by atoms with E-state index in [0.29, 0.717) is 38.3 Å². The normalized spacial score (nSPS) is 19.2. The van der Waals surface area contributed by atoms with Crippen LogP contribution in [0, 0.1) is 5.82 Å². The molecule has 1 N–H and O–H groups in total. The van der Waals surface area contributed by atoms with Gasteiger partial charge in [0.25, 0.3) is 0 Å². The molecule has 32 heavy (non-hydrogen) atoms. The molecular weight excluding hydrogens is 409 g/mol. The van der Waals surface area contributed by atoms with Crippen molar-refractivity contribution in [3.63, 3.8) is 0 Å². The van der Waals surface area contributed by atoms with Gasteiger partial charge in [-0.25, -0.2) is 14.4 Å². The van der Waals surface area contributed by atoms with Gasteiger partial charge in [-0.15, -0.1) is 0 Å². The number of hydrogen-bond donors (Lipinski definition) is 1. The van der Waals surface area contributed by atoms with Crippen molar-refractivity contribution in [3.05, 3.63) is 42.0 Å². The highest BCUT2D eigenvalue weighted by atomic mass is 19.1. The van der Waals surface area contributed by atoms with Gasteiger partial charge in [0, 0.05) is 63.7 Å². The third-order valence-corrected chi connectivity index (χ3v) is 6.39. The van der Waals surface area contributed by atoms with Gasteiger partial charge in [-0.05, 0) is 43.4 Å². The fourth-order valence-electron chi connectivity index (χ4n) is 4.52. The first-order chi connectivity index (χ1) is 15.4. The van der Waals surface area contributed by atoms with E-state index in [1.807, 2.05) is 30.1 Å². The lowest BCUT2D eigenvalue weighted by atomic mass is 9.88. The number of rotatable bonds is 6. The second kappa shape index (κ2) is 9.63. The Morgan fingerprint density at radius 3 is 2.53 bits per heavy atom. The van der Waals surface area contributed by atoms with Gasteiger partial charge in [0.2, 0.25) is 17.8 Å². The van der Waals surface area contributed by atoms with Crippen LogP contribution in [-0.2, 0) is 9.59 Å². The van der Waals surface area contributed by atoms with Crippen LogP contribution in [0.3, 0.4) is 0 Å². The van der Waals surface area contributed by atoms with Crippen molar-refractivity contribution in [1.29, 1.82) is 0 Å². The fraction of sp³-hybridized carbons (Fsp3) is 0.500. The Labute approximate surface area is 188 Å². The molecule has 2 amide bonds. The van der Waals surface area contributed by atoms with E-state index in [0.717, 1.165) is 36.1 Å². The number of benzene rings is 1. The molecule has 2 fully saturated rings. The predicted octanol–water partition coefficient (Wildman–Crippen LogP) is 3.11. The number of nitrogens with zero attached hydrogens (tertiary/aromatic N) is 4. The van der Waals surface area contributed by atoms with Crippen LogP contribution in [0.4, 0.5) is 10.3 Å². The zero-order chi connectivity index (χ0) is 22.7. The summed E-state index contributed by atoms with van der Waals surface area (Å²) in [6.07, 6.45) is 6.02. The molecule has 2 aliphatic heterocycles. The first kappa shape index (κ1) is 22.2. The largest absolute Gasteiger partial charge is 0.353 e. The van der Waals surface area contributed by atoms with Crippen LogP contribution in [-0.4, -0.2) is 59.9 Å². The monoisotopic (exact) mass is 439 g/mol. The highest BCUT2D eigenvalue weighted by Crippen LogP contribution is 2.35. The molecule has 0 saturated carbocycles. The number of halogens is 1. The van der Waals surface area contributed by atoms with Gasteiger partial charge in [-0.2, -0.15) is 0 Å². The molecule has 7 nitrogen and oxygen atoms in total. The summed E-state index contributed by atoms with van der Waals surface area (Å²) in [7, 11) is 3.81. The lowest BCUT2D eigenvalue weighted by Crippen LogP contribution is -2.39. The van der Waals surface area contributed by atoms with E-state index >= 15 is 0 Å². The summed E-state index contributed by atoms with van der Waals surface area (Å²) in [6, 6.07) is 6.55. The van der Waals surface area contributed by atoms with Crippen molar-refractivity contribution >= 4 is 17.8 Å². The third-order valence-electron chi connectivity index (χ3n) is 6.39. The summed E-state index contributed by atoms with van der Waals surface area (Å²) in [5.41, 5.74) is 2.76. The standard InChI is InChI=1S/C24H30FN5O2/c1-29(2)24-26-15-20(16-3-5-18(25)6-4-16)23(28-24)17-11-13-30(14-12-17)22(32)10-8-19-7-9-21(31)27-19/h3-6,15,17,19H,7-14H2,1-2H3,(H,27,31). The number of aromatic nitrogens is 2. The van der Waals surface area contributed by atoms with E-state index in [1.54, 1.807) is 12.1 Å². The molecule has 2 aliphatic rings. The lowest BCUT2D eigenvalue weighted by molar-refractivity contribution is -0.132. The Morgan fingerprint density at radius 1 is 1.19 bits per heavy atom. The van der Waals surface area contributed by atoms with Crippen LogP contribution in [0.25, 0.3) is 11.1 Å². The molecular formula is C24H30FN5O2. The molecule has 4 rings (SSSR count). The topological polar surface area (TPSA) is 78.4 Å². The average molecular weight is 440 g/mol. The van der Waals surface area contributed by atoms with Gasteiger partial charge in [0.15, 0.2) is 0 Å². The van der Waals surface area contributed by atoms with Gasteiger partial charge < -0.3 is 15.1 Å². The number of hydrogen-bond acceptors (Lipinski definition) is 5. The maximum atomic E-state index is 13.4. The summed E-state index contributed by atoms with van der Waals surface area (Å²) < 4.78 is 13.4. The molecule has 2 saturated heterocycles. The van der Waals surface area contributed by atoms with Crippen LogP contribution in [0.5, 0.6) is 0 Å². The number of likely N-dealkylation sites (tertiary alicyclic amines) is 1. The molecule has 1 unspecified atom stereocenters. The highest BCUT2D eigenvalue weighted by molar-refractivity contribution is 5.79. The zero-order valence-electron chi connectivity index (χ0n) is 18.7. The molecule has 1 atom stereocenters. The Hall–Kier alpha value is -3.03. The molecule has 8 heteroatoms. The van der Waals surface area contributed by atoms with Gasteiger partial charge in [-0.1, -0.05) is 12.1 Å². The van der Waals surface area contributed by atoms with E-state index in [1.165, 1.54) is 12.1 Å². The second-order valence-corrected chi connectivity index (χ2v) is 8.87. The van der Waals surface area contributed by atoms with Crippen LogP contribution in [0.1, 0.15) is 50.1 Å². The van der Waals surface area contributed by atoms with E-state index in [4.69, 9.17) is 4.98 Å². The summed E-state index contributed by atoms with van der Waals surface area (Å²) >= 11 is 0. The Balaban J connectivity index is 1.44. The maximum absolute atomic E-state index is 13.4. The number of amides is 2. The average Bonchev–Trinajstić information content (AvgIpc) is 3.23. The molecule has 0 aliphatic carbocycles. The van der Waals surface area contributed by atoms with Crippen molar-refractivity contribution in [2.45, 2.75) is 50.5 Å². The SMILES string of the molecule is CN(C)c1ncc(-c2ccc(F)cc2)c(C2CCN(C(=O)CCC3CCC(=O)N3)CC2)n1. The lowest BCUT2D eigenvalue weighted by Gasteiger charge is -2.33. The van der Waals surface area contributed by atoms with Crippen molar-refractivity contribution in [3.8, 4) is 11.1 Å². The first-order valence-corrected chi connectivity index (χ1v) is 11.3. The molecule has 0 radical (unpaired) electrons. The van der Waals surface area contributed by atoms with Gasteiger partial charge in [0.1, 0.15) is 5.82 Å². The Morgan fingerprint density at radius 2 is 1.91 bits per heavy atom. The predicted molar refractivity (Wildman–Crippen MR) is 121 cm³/mol. The molecule has 1 aromatic carbocycles. The molecule has 3 heterocycles. The number of carbonyl (C=O) groups is 2. The number of nitrogens with one attached hydrogen (secondary N) is 1. The first-order valence-electron chi connectivity index (χ1n) is 11.3. The quantitative estimate of drug-likeness (QED) is 0.748. The van der Waals surface area contributed by atoms with Crippen molar-refractivity contribution in [2.24, 2.45) is 0 Å². The minimum atomic E-state index is -0.273. The van der Waals surface area contributed by atoms with E-state index < -0.39 is 0 Å². The number of piperidine rings is 1. The minimum Gasteiger partial charge on any atom is -0.353 e. The molecule has 170 valence electrons. The van der Waals surface area contributed by atoms with Crippen LogP contribution in [0.2, 0.25) is 0 Å². The maximum Gasteiger partial charge on any atom is 0.225 e. The smallest absolute Gasteiger partial charge is 0.225 e. The minimum absolute atomic E-state index is 0.0853. The fourth-order valence-corrected chi connectivity index (χ4v) is 4.52. The Bertz CT molecular complexity index is 971. The Kier molecular flexibility index (Phi) is 6.67. The van der Waals surface area contributed by atoms with E-state index in [2.05, 4.69) is 10.3 Å². The summed E-state index contributed by atoms with van der Waals surface area (Å²) in [5, 5.41) is 2.93. The van der Waals surface area contributed by atoms with Crippen molar-refractivity contribution in [1.82, 2.24) is 20.2 Å². The van der Waals surface area contributed by atoms with Crippen LogP contribution >= 0.6 is 0 Å². The number of anilines is 1. The van der Waals surface area contributed by atoms with Crippen molar-refractivity contribution in [2.75, 3.05) is 32.1 Å². The van der Waals surface area contributed by atoms with Gasteiger partial charge in [-0.3, -0.25) is 9.59 Å². The third kappa shape index (κ3) is 5.06. The van der Waals surface area contributed by atoms with Gasteiger partial charge in [0.05, 0.1) is 5.69 Å². The summed E-state index contributed by atoms with van der Waals surface area (Å²) in [5.74, 6) is 0.810. The molecule has 2 aromatic rings. The second-order valence-electron chi connectivity index (χ2n) is 8.87. The van der Waals surface area contributed by atoms with Crippen LogP contribution in [0.15, 0.2) is 30.5 Å². The van der Waals surface area contributed by atoms with Crippen LogP contribution < -0.4 is 10.2 Å². The summed E-state index contributed by atoms with van der Waals surface area (Å²) in [4.78, 5) is 37.1. The van der Waals surface area contributed by atoms with E-state index in [-0.39, 0.29) is 29.6 Å². The van der Waals surface area contributed by atoms with Crippen molar-refractivity contribution < 1.29 is 14.0 Å². The summed E-state index contributed by atoms with van der Waals surface area (Å²) in [6.45, 7) is 1.37. The zero-order valence-corrected chi connectivity index (χ0v) is 18.7. The molecule has 0 spiro atoms. The molecule has 0 bridgehead atoms. The molecule has 1 aromatic heterocycles.